The molecule has 1 unspecified atom stereocenters. The minimum absolute atomic E-state index is 0.0728. The molecule has 0 aromatic carbocycles. The van der Waals surface area contributed by atoms with Crippen LogP contribution in [0.15, 0.2) is 0 Å². The molecule has 94 valence electrons. The molecule has 4 nitrogen and oxygen atoms in total. The second-order valence-electron chi connectivity index (χ2n) is 4.48. The van der Waals surface area contributed by atoms with Gasteiger partial charge in [-0.05, 0) is 26.2 Å². The second-order valence-corrected chi connectivity index (χ2v) is 6.52. The molecule has 1 rings (SSSR count). The van der Waals surface area contributed by atoms with Gasteiger partial charge < -0.3 is 0 Å². The smallest absolute Gasteiger partial charge is 0.214 e. The standard InChI is InChI=1S/C11H21NO3S/c1-3-8-16(14,15)12-7-5-4-6-11(12)9-10(2)13/h11H,3-9H2,1-2H3. The third-order valence-electron chi connectivity index (χ3n) is 2.92. The van der Waals surface area contributed by atoms with Crippen LogP contribution in [0.2, 0.25) is 0 Å². The van der Waals surface area contributed by atoms with Crippen LogP contribution in [0, 0.1) is 0 Å². The number of sulfonamides is 1. The van der Waals surface area contributed by atoms with E-state index in [0.717, 1.165) is 19.3 Å². The Morgan fingerprint density at radius 3 is 2.62 bits per heavy atom. The Morgan fingerprint density at radius 1 is 1.38 bits per heavy atom. The first-order valence-electron chi connectivity index (χ1n) is 5.96. The van der Waals surface area contributed by atoms with Crippen molar-refractivity contribution in [3.05, 3.63) is 0 Å². The summed E-state index contributed by atoms with van der Waals surface area (Å²) < 4.78 is 25.5. The van der Waals surface area contributed by atoms with Gasteiger partial charge in [0, 0.05) is 19.0 Å². The van der Waals surface area contributed by atoms with Gasteiger partial charge in [0.05, 0.1) is 5.75 Å². The number of piperidine rings is 1. The number of Topliss-reactive ketones (excluding diaryl/α,β-unsaturated/α-hetero) is 1. The third kappa shape index (κ3) is 3.56. The Bertz CT molecular complexity index is 337. The van der Waals surface area contributed by atoms with Crippen LogP contribution < -0.4 is 0 Å². The van der Waals surface area contributed by atoms with Crippen LogP contribution in [0.1, 0.15) is 46.0 Å². The number of ketones is 1. The van der Waals surface area contributed by atoms with E-state index in [1.165, 1.54) is 6.92 Å². The summed E-state index contributed by atoms with van der Waals surface area (Å²) in [5, 5.41) is 0. The van der Waals surface area contributed by atoms with Gasteiger partial charge in [-0.3, -0.25) is 4.79 Å². The van der Waals surface area contributed by atoms with Gasteiger partial charge in [-0.1, -0.05) is 13.3 Å². The zero-order valence-electron chi connectivity index (χ0n) is 10.1. The molecule has 0 radical (unpaired) electrons. The summed E-state index contributed by atoms with van der Waals surface area (Å²) >= 11 is 0. The van der Waals surface area contributed by atoms with E-state index in [1.54, 1.807) is 4.31 Å². The fourth-order valence-corrected chi connectivity index (χ4v) is 4.04. The first kappa shape index (κ1) is 13.6. The second kappa shape index (κ2) is 5.77. The molecular formula is C11H21NO3S. The van der Waals surface area contributed by atoms with E-state index in [4.69, 9.17) is 0 Å². The van der Waals surface area contributed by atoms with Crippen molar-refractivity contribution < 1.29 is 13.2 Å². The van der Waals surface area contributed by atoms with Crippen molar-refractivity contribution in [2.75, 3.05) is 12.3 Å². The number of carbonyl (C=O) groups excluding carboxylic acids is 1. The highest BCUT2D eigenvalue weighted by Gasteiger charge is 2.31. The van der Waals surface area contributed by atoms with Gasteiger partial charge in [0.2, 0.25) is 10.0 Å². The monoisotopic (exact) mass is 247 g/mol. The van der Waals surface area contributed by atoms with E-state index in [2.05, 4.69) is 0 Å². The average Bonchev–Trinajstić information content (AvgIpc) is 2.17. The van der Waals surface area contributed by atoms with Crippen LogP contribution in [0.4, 0.5) is 0 Å². The largest absolute Gasteiger partial charge is 0.300 e. The molecule has 0 amide bonds. The van der Waals surface area contributed by atoms with Gasteiger partial charge in [-0.25, -0.2) is 8.42 Å². The van der Waals surface area contributed by atoms with Crippen molar-refractivity contribution in [2.45, 2.75) is 52.0 Å². The molecule has 1 aliphatic rings. The predicted molar refractivity (Wildman–Crippen MR) is 63.7 cm³/mol. The third-order valence-corrected chi connectivity index (χ3v) is 5.04. The number of nitrogens with zero attached hydrogens (tertiary/aromatic N) is 1. The molecule has 1 atom stereocenters. The molecule has 0 spiro atoms. The number of carbonyl (C=O) groups is 1. The fraction of sp³-hybridized carbons (Fsp3) is 0.909. The molecule has 1 aliphatic heterocycles. The van der Waals surface area contributed by atoms with E-state index in [1.807, 2.05) is 6.92 Å². The summed E-state index contributed by atoms with van der Waals surface area (Å²) in [5.41, 5.74) is 0. The highest BCUT2D eigenvalue weighted by Crippen LogP contribution is 2.23. The maximum Gasteiger partial charge on any atom is 0.214 e. The molecule has 0 aromatic heterocycles. The maximum atomic E-state index is 12.0. The lowest BCUT2D eigenvalue weighted by atomic mass is 10.0. The van der Waals surface area contributed by atoms with Crippen molar-refractivity contribution in [3.63, 3.8) is 0 Å². The fourth-order valence-electron chi connectivity index (χ4n) is 2.25. The van der Waals surface area contributed by atoms with Gasteiger partial charge in [-0.15, -0.1) is 0 Å². The van der Waals surface area contributed by atoms with Crippen LogP contribution in [-0.4, -0.2) is 36.8 Å². The molecule has 0 aliphatic carbocycles. The lowest BCUT2D eigenvalue weighted by Crippen LogP contribution is -2.45. The molecular weight excluding hydrogens is 226 g/mol. The lowest BCUT2D eigenvalue weighted by Gasteiger charge is -2.34. The Kier molecular flexibility index (Phi) is 4.92. The molecule has 16 heavy (non-hydrogen) atoms. The molecule has 0 aromatic rings. The van der Waals surface area contributed by atoms with Crippen LogP contribution in [0.5, 0.6) is 0 Å². The van der Waals surface area contributed by atoms with E-state index >= 15 is 0 Å². The minimum atomic E-state index is -3.15. The average molecular weight is 247 g/mol. The first-order chi connectivity index (χ1) is 7.47. The summed E-state index contributed by atoms with van der Waals surface area (Å²) in [7, 11) is -3.15. The summed E-state index contributed by atoms with van der Waals surface area (Å²) in [5.74, 6) is 0.269. The highest BCUT2D eigenvalue weighted by molar-refractivity contribution is 7.89. The van der Waals surface area contributed by atoms with Gasteiger partial charge in [0.15, 0.2) is 0 Å². The summed E-state index contributed by atoms with van der Waals surface area (Å²) in [6.45, 7) is 3.97. The number of hydrogen-bond donors (Lipinski definition) is 0. The van der Waals surface area contributed by atoms with Crippen molar-refractivity contribution in [3.8, 4) is 0 Å². The number of rotatable bonds is 5. The van der Waals surface area contributed by atoms with Crippen LogP contribution >= 0.6 is 0 Å². The van der Waals surface area contributed by atoms with Gasteiger partial charge in [0.1, 0.15) is 5.78 Å². The van der Waals surface area contributed by atoms with E-state index in [-0.39, 0.29) is 17.6 Å². The predicted octanol–water partition coefficient (Wildman–Crippen LogP) is 1.56. The van der Waals surface area contributed by atoms with Crippen molar-refractivity contribution in [1.29, 1.82) is 0 Å². The van der Waals surface area contributed by atoms with Gasteiger partial charge in [0.25, 0.3) is 0 Å². The lowest BCUT2D eigenvalue weighted by molar-refractivity contribution is -0.118. The Morgan fingerprint density at radius 2 is 2.06 bits per heavy atom. The summed E-state index contributed by atoms with van der Waals surface area (Å²) in [6.07, 6.45) is 3.75. The maximum absolute atomic E-state index is 12.0. The Balaban J connectivity index is 2.77. The normalized spacial score (nSPS) is 23.2. The molecule has 0 N–H and O–H groups in total. The molecule has 1 heterocycles. The van der Waals surface area contributed by atoms with Crippen LogP contribution in [0.3, 0.4) is 0 Å². The minimum Gasteiger partial charge on any atom is -0.300 e. The van der Waals surface area contributed by atoms with Gasteiger partial charge in [-0.2, -0.15) is 4.31 Å². The Labute approximate surface area is 98.1 Å². The van der Waals surface area contributed by atoms with Crippen molar-refractivity contribution in [1.82, 2.24) is 4.31 Å². The first-order valence-corrected chi connectivity index (χ1v) is 7.57. The van der Waals surface area contributed by atoms with Crippen molar-refractivity contribution >= 4 is 15.8 Å². The zero-order valence-corrected chi connectivity index (χ0v) is 10.9. The van der Waals surface area contributed by atoms with E-state index in [9.17, 15) is 13.2 Å². The summed E-state index contributed by atoms with van der Waals surface area (Å²) in [6, 6.07) is -0.0946. The Hall–Kier alpha value is -0.420. The quantitative estimate of drug-likeness (QED) is 0.741. The SMILES string of the molecule is CCCS(=O)(=O)N1CCCCC1CC(C)=O. The van der Waals surface area contributed by atoms with Gasteiger partial charge >= 0.3 is 0 Å². The summed E-state index contributed by atoms with van der Waals surface area (Å²) in [4.78, 5) is 11.1. The molecule has 0 saturated carbocycles. The van der Waals surface area contributed by atoms with E-state index in [0.29, 0.717) is 19.4 Å². The van der Waals surface area contributed by atoms with E-state index < -0.39 is 10.0 Å². The van der Waals surface area contributed by atoms with Crippen LogP contribution in [-0.2, 0) is 14.8 Å². The topological polar surface area (TPSA) is 54.5 Å². The van der Waals surface area contributed by atoms with Crippen LogP contribution in [0.25, 0.3) is 0 Å². The number of hydrogen-bond acceptors (Lipinski definition) is 3. The highest BCUT2D eigenvalue weighted by atomic mass is 32.2. The molecule has 5 heteroatoms. The molecule has 1 fully saturated rings. The van der Waals surface area contributed by atoms with Crippen molar-refractivity contribution in [2.24, 2.45) is 0 Å². The molecule has 1 saturated heterocycles. The zero-order chi connectivity index (χ0) is 12.2. The molecule has 0 bridgehead atoms.